The van der Waals surface area contributed by atoms with Gasteiger partial charge in [-0.2, -0.15) is 13.2 Å². The third-order valence-corrected chi connectivity index (χ3v) is 2.85. The Bertz CT molecular complexity index is 225. The topological polar surface area (TPSA) is 35.5 Å². The van der Waals surface area contributed by atoms with Crippen LogP contribution in [0.5, 0.6) is 0 Å². The lowest BCUT2D eigenvalue weighted by Gasteiger charge is -2.16. The summed E-state index contributed by atoms with van der Waals surface area (Å²) in [6, 6.07) is 0. The van der Waals surface area contributed by atoms with E-state index in [1.165, 1.54) is 0 Å². The molecule has 0 aliphatic rings. The van der Waals surface area contributed by atoms with Crippen LogP contribution in [0.3, 0.4) is 0 Å². The summed E-state index contributed by atoms with van der Waals surface area (Å²) in [6.07, 6.45) is -4.83. The minimum atomic E-state index is -4.95. The molecule has 0 N–H and O–H groups in total. The van der Waals surface area contributed by atoms with Crippen molar-refractivity contribution >= 4 is 39.7 Å². The van der Waals surface area contributed by atoms with Gasteiger partial charge in [-0.3, -0.25) is 0 Å². The molecule has 0 bridgehead atoms. The monoisotopic (exact) mass is 298 g/mol. The first-order valence-electron chi connectivity index (χ1n) is 4.34. The fourth-order valence-electron chi connectivity index (χ4n) is 0.878. The molecule has 3 nitrogen and oxygen atoms in total. The lowest BCUT2D eigenvalue weighted by atomic mass is 10.2. The van der Waals surface area contributed by atoms with Crippen molar-refractivity contribution in [2.24, 2.45) is 0 Å². The highest BCUT2D eigenvalue weighted by Crippen LogP contribution is 2.18. The van der Waals surface area contributed by atoms with Gasteiger partial charge in [-0.1, -0.05) is 0 Å². The van der Waals surface area contributed by atoms with Crippen LogP contribution in [0.15, 0.2) is 0 Å². The molecule has 0 amide bonds. The molecule has 1 unspecified atom stereocenters. The molecular formula is C7H11Cl2F3O3Si. The summed E-state index contributed by atoms with van der Waals surface area (Å²) in [4.78, 5) is 9.55. The first-order chi connectivity index (χ1) is 7.29. The lowest BCUT2D eigenvalue weighted by molar-refractivity contribution is -0.199. The van der Waals surface area contributed by atoms with Crippen LogP contribution in [-0.4, -0.2) is 40.2 Å². The van der Waals surface area contributed by atoms with Crippen LogP contribution in [0.2, 0.25) is 0 Å². The van der Waals surface area contributed by atoms with E-state index in [1.807, 2.05) is 0 Å². The van der Waals surface area contributed by atoms with Gasteiger partial charge in [0.25, 0.3) is 0 Å². The molecule has 0 aliphatic carbocycles. The maximum absolute atomic E-state index is 11.7. The Kier molecular flexibility index (Phi) is 7.37. The van der Waals surface area contributed by atoms with Crippen molar-refractivity contribution in [1.29, 1.82) is 0 Å². The van der Waals surface area contributed by atoms with Gasteiger partial charge in [0.1, 0.15) is 15.3 Å². The second-order valence-electron chi connectivity index (χ2n) is 2.88. The van der Waals surface area contributed by atoms with E-state index >= 15 is 0 Å². The number of ether oxygens (including phenoxy) is 1. The predicted molar refractivity (Wildman–Crippen MR) is 56.6 cm³/mol. The van der Waals surface area contributed by atoms with E-state index in [0.29, 0.717) is 16.9 Å². The molecule has 0 fully saturated rings. The fourth-order valence-corrected chi connectivity index (χ4v) is 2.19. The Morgan fingerprint density at radius 3 is 2.31 bits per heavy atom. The van der Waals surface area contributed by atoms with Gasteiger partial charge in [-0.05, 0) is 12.8 Å². The number of carbonyl (C=O) groups excluding carboxylic acids is 1. The minimum Gasteiger partial charge on any atom is -0.459 e. The molecular weight excluding hydrogens is 288 g/mol. The van der Waals surface area contributed by atoms with E-state index in [4.69, 9.17) is 27.6 Å². The molecule has 0 heterocycles. The van der Waals surface area contributed by atoms with E-state index < -0.39 is 23.1 Å². The largest absolute Gasteiger partial charge is 0.490 e. The molecule has 1 atom stereocenters. The number of hydrogen-bond acceptors (Lipinski definition) is 3. The zero-order valence-corrected chi connectivity index (χ0v) is 11.9. The summed E-state index contributed by atoms with van der Waals surface area (Å²) >= 11 is 11.1. The van der Waals surface area contributed by atoms with Gasteiger partial charge in [0.05, 0.1) is 12.7 Å². The standard InChI is InChI=1S/C7H11Cl2F3O3Si/c8-5(9)4(15-16)2-1-3-14-6(13)7(10,11)12/h4-5H,1-3H2,16H3. The molecule has 0 aromatic rings. The summed E-state index contributed by atoms with van der Waals surface area (Å²) in [5.41, 5.74) is 0. The summed E-state index contributed by atoms with van der Waals surface area (Å²) < 4.78 is 44.1. The second kappa shape index (κ2) is 7.36. The third kappa shape index (κ3) is 6.57. The van der Waals surface area contributed by atoms with Gasteiger partial charge < -0.3 is 9.16 Å². The quantitative estimate of drug-likeness (QED) is 0.321. The van der Waals surface area contributed by atoms with E-state index in [2.05, 4.69) is 4.74 Å². The summed E-state index contributed by atoms with van der Waals surface area (Å²) in [7, 11) is 0.421. The first kappa shape index (κ1) is 16.0. The van der Waals surface area contributed by atoms with E-state index in [0.717, 1.165) is 0 Å². The van der Waals surface area contributed by atoms with Gasteiger partial charge >= 0.3 is 12.1 Å². The zero-order chi connectivity index (χ0) is 12.8. The van der Waals surface area contributed by atoms with Crippen LogP contribution >= 0.6 is 23.2 Å². The molecule has 0 aliphatic heterocycles. The number of hydrogen-bond donors (Lipinski definition) is 0. The molecule has 96 valence electrons. The molecule has 0 radical (unpaired) electrons. The van der Waals surface area contributed by atoms with Crippen molar-refractivity contribution in [2.45, 2.75) is 30.0 Å². The zero-order valence-electron chi connectivity index (χ0n) is 8.39. The van der Waals surface area contributed by atoms with E-state index in [1.54, 1.807) is 0 Å². The van der Waals surface area contributed by atoms with Gasteiger partial charge in [-0.15, -0.1) is 23.2 Å². The number of esters is 1. The van der Waals surface area contributed by atoms with Crippen molar-refractivity contribution in [3.05, 3.63) is 0 Å². The Labute approximate surface area is 104 Å². The van der Waals surface area contributed by atoms with Crippen LogP contribution in [0, 0.1) is 0 Å². The molecule has 0 spiro atoms. The Hall–Kier alpha value is 0.0169. The van der Waals surface area contributed by atoms with Crippen LogP contribution in [0.4, 0.5) is 13.2 Å². The number of carbonyl (C=O) groups is 1. The molecule has 0 rings (SSSR count). The molecule has 0 aromatic carbocycles. The maximum atomic E-state index is 11.7. The van der Waals surface area contributed by atoms with Gasteiger partial charge in [-0.25, -0.2) is 4.79 Å². The summed E-state index contributed by atoms with van der Waals surface area (Å²) in [5.74, 6) is -2.19. The van der Waals surface area contributed by atoms with Crippen molar-refractivity contribution in [2.75, 3.05) is 6.61 Å². The molecule has 0 saturated carbocycles. The fraction of sp³-hybridized carbons (Fsp3) is 0.857. The lowest BCUT2D eigenvalue weighted by Crippen LogP contribution is -2.26. The van der Waals surface area contributed by atoms with Crippen LogP contribution in [-0.2, 0) is 14.0 Å². The van der Waals surface area contributed by atoms with E-state index in [-0.39, 0.29) is 13.0 Å². The second-order valence-corrected chi connectivity index (χ2v) is 4.52. The smallest absolute Gasteiger partial charge is 0.459 e. The van der Waals surface area contributed by atoms with Crippen LogP contribution < -0.4 is 0 Å². The maximum Gasteiger partial charge on any atom is 0.490 e. The van der Waals surface area contributed by atoms with Gasteiger partial charge in [0.15, 0.2) is 0 Å². The summed E-state index contributed by atoms with van der Waals surface area (Å²) in [5, 5.41) is 0. The van der Waals surface area contributed by atoms with Crippen molar-refractivity contribution in [1.82, 2.24) is 0 Å². The van der Waals surface area contributed by atoms with Gasteiger partial charge in [0.2, 0.25) is 0 Å². The Balaban J connectivity index is 3.72. The highest BCUT2D eigenvalue weighted by Gasteiger charge is 2.40. The van der Waals surface area contributed by atoms with Crippen molar-refractivity contribution in [3.8, 4) is 0 Å². The molecule has 16 heavy (non-hydrogen) atoms. The summed E-state index contributed by atoms with van der Waals surface area (Å²) in [6.45, 7) is -0.333. The average Bonchev–Trinajstić information content (AvgIpc) is 2.15. The number of rotatable bonds is 6. The van der Waals surface area contributed by atoms with Crippen LogP contribution in [0.1, 0.15) is 12.8 Å². The van der Waals surface area contributed by atoms with Crippen molar-refractivity contribution in [3.63, 3.8) is 0 Å². The van der Waals surface area contributed by atoms with Crippen molar-refractivity contribution < 1.29 is 27.1 Å². The highest BCUT2D eigenvalue weighted by atomic mass is 35.5. The van der Waals surface area contributed by atoms with E-state index in [9.17, 15) is 18.0 Å². The van der Waals surface area contributed by atoms with Gasteiger partial charge in [0, 0.05) is 0 Å². The SMILES string of the molecule is O=C(OCCCC(O[SiH3])C(Cl)Cl)C(F)(F)F. The normalized spacial score (nSPS) is 14.1. The number of halogens is 5. The predicted octanol–water partition coefficient (Wildman–Crippen LogP) is 1.34. The highest BCUT2D eigenvalue weighted by molar-refractivity contribution is 6.44. The van der Waals surface area contributed by atoms with Crippen LogP contribution in [0.25, 0.3) is 0 Å². The molecule has 9 heteroatoms. The Morgan fingerprint density at radius 1 is 1.38 bits per heavy atom. The molecule has 0 aromatic heterocycles. The first-order valence-corrected chi connectivity index (χ1v) is 6.03. The average molecular weight is 299 g/mol. The number of alkyl halides is 5. The third-order valence-electron chi connectivity index (χ3n) is 1.68. The minimum absolute atomic E-state index is 0.213. The Morgan fingerprint density at radius 2 is 1.94 bits per heavy atom. The molecule has 0 saturated heterocycles.